The number of furan rings is 1. The minimum Gasteiger partial charge on any atom is -0.491 e. The van der Waals surface area contributed by atoms with Gasteiger partial charge < -0.3 is 14.5 Å². The molecule has 0 amide bonds. The molecule has 0 saturated heterocycles. The predicted octanol–water partition coefficient (Wildman–Crippen LogP) is 3.40. The normalized spacial score (nSPS) is 10.9. The van der Waals surface area contributed by atoms with E-state index >= 15 is 0 Å². The van der Waals surface area contributed by atoms with Crippen LogP contribution in [-0.2, 0) is 13.0 Å². The molecule has 0 unspecified atom stereocenters. The fourth-order valence-electron chi connectivity index (χ4n) is 1.91. The lowest BCUT2D eigenvalue weighted by Crippen LogP contribution is -2.17. The quantitative estimate of drug-likeness (QED) is 0.774. The summed E-state index contributed by atoms with van der Waals surface area (Å²) < 4.78 is 11.1. The molecule has 19 heavy (non-hydrogen) atoms. The van der Waals surface area contributed by atoms with Crippen LogP contribution >= 0.6 is 0 Å². The Kier molecular flexibility index (Phi) is 5.04. The average molecular weight is 259 g/mol. The zero-order valence-corrected chi connectivity index (χ0v) is 11.6. The fourth-order valence-corrected chi connectivity index (χ4v) is 1.91. The lowest BCUT2D eigenvalue weighted by molar-refractivity contribution is 0.239. The molecule has 1 N–H and O–H groups in total. The lowest BCUT2D eigenvalue weighted by atomic mass is 10.2. The standard InChI is InChI=1S/C16H21NO2/c1-13(2)19-16-8-4-3-6-14(16)12-17-10-9-15-7-5-11-18-15/h3-8,11,13,17H,9-10,12H2,1-2H3. The smallest absolute Gasteiger partial charge is 0.124 e. The summed E-state index contributed by atoms with van der Waals surface area (Å²) in [4.78, 5) is 0. The van der Waals surface area contributed by atoms with Crippen LogP contribution in [0.5, 0.6) is 5.75 Å². The summed E-state index contributed by atoms with van der Waals surface area (Å²) in [7, 11) is 0. The van der Waals surface area contributed by atoms with Crippen LogP contribution in [0.25, 0.3) is 0 Å². The molecule has 2 rings (SSSR count). The molecule has 2 aromatic rings. The third kappa shape index (κ3) is 4.45. The summed E-state index contributed by atoms with van der Waals surface area (Å²) in [5, 5.41) is 3.41. The van der Waals surface area contributed by atoms with Crippen molar-refractivity contribution in [2.75, 3.05) is 6.54 Å². The number of ether oxygens (including phenoxy) is 1. The minimum atomic E-state index is 0.198. The van der Waals surface area contributed by atoms with Crippen molar-refractivity contribution in [3.8, 4) is 5.75 Å². The van der Waals surface area contributed by atoms with Gasteiger partial charge in [-0.15, -0.1) is 0 Å². The summed E-state index contributed by atoms with van der Waals surface area (Å²) in [5.41, 5.74) is 1.19. The van der Waals surface area contributed by atoms with Crippen molar-refractivity contribution < 1.29 is 9.15 Å². The van der Waals surface area contributed by atoms with Gasteiger partial charge in [-0.1, -0.05) is 18.2 Å². The molecular formula is C16H21NO2. The van der Waals surface area contributed by atoms with Crippen LogP contribution in [0.4, 0.5) is 0 Å². The SMILES string of the molecule is CC(C)Oc1ccccc1CNCCc1ccco1. The monoisotopic (exact) mass is 259 g/mol. The molecule has 0 radical (unpaired) electrons. The second-order valence-corrected chi connectivity index (χ2v) is 4.78. The van der Waals surface area contributed by atoms with E-state index < -0.39 is 0 Å². The molecule has 3 nitrogen and oxygen atoms in total. The summed E-state index contributed by atoms with van der Waals surface area (Å²) >= 11 is 0. The van der Waals surface area contributed by atoms with E-state index in [1.165, 1.54) is 5.56 Å². The molecular weight excluding hydrogens is 238 g/mol. The van der Waals surface area contributed by atoms with E-state index in [0.717, 1.165) is 31.0 Å². The molecule has 102 valence electrons. The molecule has 0 aliphatic rings. The van der Waals surface area contributed by atoms with Gasteiger partial charge in [0.2, 0.25) is 0 Å². The molecule has 0 bridgehead atoms. The van der Waals surface area contributed by atoms with E-state index in [9.17, 15) is 0 Å². The van der Waals surface area contributed by atoms with Crippen LogP contribution in [0.2, 0.25) is 0 Å². The van der Waals surface area contributed by atoms with Crippen LogP contribution < -0.4 is 10.1 Å². The number of hydrogen-bond acceptors (Lipinski definition) is 3. The van der Waals surface area contributed by atoms with Crippen LogP contribution in [0.1, 0.15) is 25.2 Å². The van der Waals surface area contributed by atoms with E-state index in [-0.39, 0.29) is 6.10 Å². The maximum atomic E-state index is 5.79. The highest BCUT2D eigenvalue weighted by Crippen LogP contribution is 2.19. The van der Waals surface area contributed by atoms with Crippen molar-refractivity contribution in [3.63, 3.8) is 0 Å². The summed E-state index contributed by atoms with van der Waals surface area (Å²) in [6, 6.07) is 12.1. The van der Waals surface area contributed by atoms with E-state index in [1.807, 2.05) is 44.2 Å². The largest absolute Gasteiger partial charge is 0.491 e. The Morgan fingerprint density at radius 1 is 1.16 bits per heavy atom. The minimum absolute atomic E-state index is 0.198. The lowest BCUT2D eigenvalue weighted by Gasteiger charge is -2.14. The third-order valence-electron chi connectivity index (χ3n) is 2.78. The molecule has 0 saturated carbocycles. The maximum absolute atomic E-state index is 5.79. The first-order valence-electron chi connectivity index (χ1n) is 6.73. The number of benzene rings is 1. The molecule has 0 aliphatic heterocycles. The van der Waals surface area contributed by atoms with Crippen molar-refractivity contribution in [1.29, 1.82) is 0 Å². The van der Waals surface area contributed by atoms with Gasteiger partial charge in [0.15, 0.2) is 0 Å². The maximum Gasteiger partial charge on any atom is 0.124 e. The van der Waals surface area contributed by atoms with Crippen LogP contribution in [0, 0.1) is 0 Å². The molecule has 1 heterocycles. The highest BCUT2D eigenvalue weighted by Gasteiger charge is 2.04. The van der Waals surface area contributed by atoms with E-state index in [2.05, 4.69) is 11.4 Å². The fraction of sp³-hybridized carbons (Fsp3) is 0.375. The first-order chi connectivity index (χ1) is 9.25. The molecule has 0 spiro atoms. The molecule has 0 aliphatic carbocycles. The Bertz CT molecular complexity index is 477. The first-order valence-corrected chi connectivity index (χ1v) is 6.73. The van der Waals surface area contributed by atoms with Crippen molar-refractivity contribution >= 4 is 0 Å². The number of rotatable bonds is 7. The first kappa shape index (κ1) is 13.7. The van der Waals surface area contributed by atoms with E-state index in [0.29, 0.717) is 0 Å². The van der Waals surface area contributed by atoms with Crippen LogP contribution in [0.15, 0.2) is 47.1 Å². The Balaban J connectivity index is 1.82. The highest BCUT2D eigenvalue weighted by molar-refractivity contribution is 5.33. The van der Waals surface area contributed by atoms with Crippen LogP contribution in [-0.4, -0.2) is 12.6 Å². The predicted molar refractivity (Wildman–Crippen MR) is 76.3 cm³/mol. The zero-order valence-electron chi connectivity index (χ0n) is 11.6. The third-order valence-corrected chi connectivity index (χ3v) is 2.78. The highest BCUT2D eigenvalue weighted by atomic mass is 16.5. The van der Waals surface area contributed by atoms with Crippen molar-refractivity contribution in [3.05, 3.63) is 54.0 Å². The summed E-state index contributed by atoms with van der Waals surface area (Å²) in [6.07, 6.45) is 2.81. The number of nitrogens with one attached hydrogen (secondary N) is 1. The Hall–Kier alpha value is -1.74. The van der Waals surface area contributed by atoms with Gasteiger partial charge in [0.05, 0.1) is 12.4 Å². The van der Waals surface area contributed by atoms with E-state index in [4.69, 9.17) is 9.15 Å². The van der Waals surface area contributed by atoms with Gasteiger partial charge >= 0.3 is 0 Å². The zero-order chi connectivity index (χ0) is 13.5. The van der Waals surface area contributed by atoms with Crippen molar-refractivity contribution in [2.24, 2.45) is 0 Å². The Labute approximate surface area is 114 Å². The van der Waals surface area contributed by atoms with Gasteiger partial charge in [-0.25, -0.2) is 0 Å². The van der Waals surface area contributed by atoms with Gasteiger partial charge in [0.25, 0.3) is 0 Å². The molecule has 0 atom stereocenters. The van der Waals surface area contributed by atoms with Gasteiger partial charge in [0, 0.05) is 25.1 Å². The Morgan fingerprint density at radius 2 is 2.00 bits per heavy atom. The molecule has 0 fully saturated rings. The molecule has 1 aromatic heterocycles. The Morgan fingerprint density at radius 3 is 2.74 bits per heavy atom. The van der Waals surface area contributed by atoms with Crippen molar-refractivity contribution in [2.45, 2.75) is 32.9 Å². The summed E-state index contributed by atoms with van der Waals surface area (Å²) in [6.45, 7) is 5.79. The second-order valence-electron chi connectivity index (χ2n) is 4.78. The van der Waals surface area contributed by atoms with Crippen molar-refractivity contribution in [1.82, 2.24) is 5.32 Å². The second kappa shape index (κ2) is 7.00. The number of para-hydroxylation sites is 1. The summed E-state index contributed by atoms with van der Waals surface area (Å²) in [5.74, 6) is 1.97. The van der Waals surface area contributed by atoms with Crippen LogP contribution in [0.3, 0.4) is 0 Å². The van der Waals surface area contributed by atoms with Gasteiger partial charge in [-0.2, -0.15) is 0 Å². The molecule has 3 heteroatoms. The number of hydrogen-bond donors (Lipinski definition) is 1. The van der Waals surface area contributed by atoms with Gasteiger partial charge in [-0.3, -0.25) is 0 Å². The molecule has 1 aromatic carbocycles. The average Bonchev–Trinajstić information content (AvgIpc) is 2.89. The van der Waals surface area contributed by atoms with Gasteiger partial charge in [0.1, 0.15) is 11.5 Å². The van der Waals surface area contributed by atoms with Gasteiger partial charge in [-0.05, 0) is 32.0 Å². The van der Waals surface area contributed by atoms with E-state index in [1.54, 1.807) is 6.26 Å². The topological polar surface area (TPSA) is 34.4 Å².